The average molecular weight is 214 g/mol. The lowest BCUT2D eigenvalue weighted by atomic mass is 9.85. The molecule has 2 rings (SSSR count). The molecule has 1 unspecified atom stereocenters. The summed E-state index contributed by atoms with van der Waals surface area (Å²) in [6, 6.07) is 7.87. The molecule has 1 heteroatoms. The first-order valence-electron chi connectivity index (χ1n) is 6.14. The topological polar surface area (TPSA) is 17.1 Å². The molecule has 1 aromatic carbocycles. The quantitative estimate of drug-likeness (QED) is 0.690. The van der Waals surface area contributed by atoms with Crippen molar-refractivity contribution in [1.82, 2.24) is 0 Å². The number of Topliss-reactive ketones (excluding diaryl/α,β-unsaturated/α-hetero) is 1. The van der Waals surface area contributed by atoms with Gasteiger partial charge in [0.15, 0.2) is 5.78 Å². The molecule has 0 aromatic heterocycles. The molecule has 0 radical (unpaired) electrons. The molecule has 1 aromatic rings. The Morgan fingerprint density at radius 1 is 1.19 bits per heavy atom. The summed E-state index contributed by atoms with van der Waals surface area (Å²) in [4.78, 5) is 12.2. The Morgan fingerprint density at radius 3 is 2.81 bits per heavy atom. The number of ketones is 1. The molecule has 0 aliphatic heterocycles. The van der Waals surface area contributed by atoms with Crippen LogP contribution in [0.25, 0.3) is 6.08 Å². The predicted octanol–water partition coefficient (Wildman–Crippen LogP) is 4.09. The zero-order valence-electron chi connectivity index (χ0n) is 9.78. The molecule has 0 bridgehead atoms. The predicted molar refractivity (Wildman–Crippen MR) is 67.4 cm³/mol. The van der Waals surface area contributed by atoms with Gasteiger partial charge in [-0.1, -0.05) is 62.6 Å². The number of benzene rings is 1. The molecule has 16 heavy (non-hydrogen) atoms. The number of hydrogen-bond donors (Lipinski definition) is 0. The van der Waals surface area contributed by atoms with Gasteiger partial charge in [-0.2, -0.15) is 0 Å². The molecule has 0 saturated carbocycles. The summed E-state index contributed by atoms with van der Waals surface area (Å²) >= 11 is 0. The highest BCUT2D eigenvalue weighted by Crippen LogP contribution is 2.26. The monoisotopic (exact) mass is 214 g/mol. The fraction of sp³-hybridized carbons (Fsp3) is 0.400. The van der Waals surface area contributed by atoms with Crippen LogP contribution in [0.15, 0.2) is 30.3 Å². The van der Waals surface area contributed by atoms with Crippen LogP contribution in [0.2, 0.25) is 0 Å². The van der Waals surface area contributed by atoms with Gasteiger partial charge in [-0.15, -0.1) is 0 Å². The molecule has 0 saturated heterocycles. The van der Waals surface area contributed by atoms with Crippen LogP contribution in [0.5, 0.6) is 0 Å². The van der Waals surface area contributed by atoms with E-state index in [2.05, 4.69) is 19.1 Å². The van der Waals surface area contributed by atoms with Gasteiger partial charge in [-0.25, -0.2) is 0 Å². The number of rotatable bonds is 4. The van der Waals surface area contributed by atoms with Crippen molar-refractivity contribution in [3.05, 3.63) is 41.5 Å². The molecular formula is C15H18O. The van der Waals surface area contributed by atoms with Crippen molar-refractivity contribution in [3.63, 3.8) is 0 Å². The van der Waals surface area contributed by atoms with E-state index in [0.29, 0.717) is 5.78 Å². The standard InChI is InChI=1S/C15H18O/c1-2-3-4-8-13-11-10-12-7-5-6-9-14(12)15(13)16/h5-7,9-11,13H,2-4,8H2,1H3. The van der Waals surface area contributed by atoms with Gasteiger partial charge < -0.3 is 0 Å². The molecule has 1 nitrogen and oxygen atoms in total. The minimum atomic E-state index is 0.112. The van der Waals surface area contributed by atoms with Crippen molar-refractivity contribution in [2.45, 2.75) is 32.6 Å². The van der Waals surface area contributed by atoms with Crippen molar-refractivity contribution in [2.24, 2.45) is 5.92 Å². The number of unbranched alkanes of at least 4 members (excludes halogenated alkanes) is 2. The maximum atomic E-state index is 12.2. The molecule has 0 fully saturated rings. The third-order valence-electron chi connectivity index (χ3n) is 3.19. The summed E-state index contributed by atoms with van der Waals surface area (Å²) in [5, 5.41) is 0. The van der Waals surface area contributed by atoms with Gasteiger partial charge in [0.2, 0.25) is 0 Å². The SMILES string of the molecule is CCCCCC1C=Cc2ccccc2C1=O. The highest BCUT2D eigenvalue weighted by molar-refractivity contribution is 6.04. The van der Waals surface area contributed by atoms with Crippen molar-refractivity contribution >= 4 is 11.9 Å². The number of allylic oxidation sites excluding steroid dienone is 1. The Balaban J connectivity index is 2.09. The molecule has 84 valence electrons. The minimum Gasteiger partial charge on any atom is -0.293 e. The van der Waals surface area contributed by atoms with Crippen molar-refractivity contribution in [3.8, 4) is 0 Å². The van der Waals surface area contributed by atoms with Gasteiger partial charge in [0.25, 0.3) is 0 Å². The molecule has 1 aliphatic carbocycles. The first kappa shape index (κ1) is 11.1. The normalized spacial score (nSPS) is 18.6. The van der Waals surface area contributed by atoms with E-state index in [-0.39, 0.29) is 5.92 Å². The molecule has 0 N–H and O–H groups in total. The summed E-state index contributed by atoms with van der Waals surface area (Å²) in [5.74, 6) is 0.413. The molecule has 0 heterocycles. The first-order valence-corrected chi connectivity index (χ1v) is 6.14. The van der Waals surface area contributed by atoms with Crippen LogP contribution in [0.4, 0.5) is 0 Å². The lowest BCUT2D eigenvalue weighted by Gasteiger charge is -2.17. The largest absolute Gasteiger partial charge is 0.293 e. The zero-order valence-corrected chi connectivity index (χ0v) is 9.78. The van der Waals surface area contributed by atoms with Crippen LogP contribution in [0.3, 0.4) is 0 Å². The molecule has 1 aliphatic rings. The van der Waals surface area contributed by atoms with Gasteiger partial charge >= 0.3 is 0 Å². The highest BCUT2D eigenvalue weighted by atomic mass is 16.1. The Labute approximate surface area is 97.2 Å². The molecule has 0 amide bonds. The summed E-state index contributed by atoms with van der Waals surface area (Å²) in [5.41, 5.74) is 1.96. The second kappa shape index (κ2) is 5.11. The van der Waals surface area contributed by atoms with E-state index in [9.17, 15) is 4.79 Å². The first-order chi connectivity index (χ1) is 7.83. The Kier molecular flexibility index (Phi) is 3.55. The van der Waals surface area contributed by atoms with E-state index in [0.717, 1.165) is 24.0 Å². The van der Waals surface area contributed by atoms with Gasteiger partial charge in [0.1, 0.15) is 0 Å². The van der Waals surface area contributed by atoms with Gasteiger partial charge in [-0.05, 0) is 12.0 Å². The summed E-state index contributed by atoms with van der Waals surface area (Å²) in [6.07, 6.45) is 8.74. The van der Waals surface area contributed by atoms with Crippen LogP contribution in [0.1, 0.15) is 48.5 Å². The van der Waals surface area contributed by atoms with E-state index in [1.807, 2.05) is 24.3 Å². The van der Waals surface area contributed by atoms with Crippen LogP contribution < -0.4 is 0 Å². The number of carbonyl (C=O) groups excluding carboxylic acids is 1. The fourth-order valence-corrected chi connectivity index (χ4v) is 2.22. The third kappa shape index (κ3) is 2.24. The lowest BCUT2D eigenvalue weighted by molar-refractivity contribution is 0.0937. The molecule has 0 spiro atoms. The van der Waals surface area contributed by atoms with E-state index in [1.54, 1.807) is 0 Å². The summed E-state index contributed by atoms with van der Waals surface area (Å²) in [6.45, 7) is 2.19. The van der Waals surface area contributed by atoms with Crippen LogP contribution >= 0.6 is 0 Å². The Morgan fingerprint density at radius 2 is 2.00 bits per heavy atom. The molecule has 1 atom stereocenters. The second-order valence-corrected chi connectivity index (χ2v) is 4.41. The van der Waals surface area contributed by atoms with Crippen LogP contribution in [-0.4, -0.2) is 5.78 Å². The fourth-order valence-electron chi connectivity index (χ4n) is 2.22. The minimum absolute atomic E-state index is 0.112. The average Bonchev–Trinajstić information content (AvgIpc) is 2.33. The van der Waals surface area contributed by atoms with Crippen molar-refractivity contribution in [2.75, 3.05) is 0 Å². The Bertz CT molecular complexity index is 404. The number of carbonyl (C=O) groups is 1. The van der Waals surface area contributed by atoms with Gasteiger partial charge in [0.05, 0.1) is 0 Å². The smallest absolute Gasteiger partial charge is 0.170 e. The maximum Gasteiger partial charge on any atom is 0.170 e. The van der Waals surface area contributed by atoms with Gasteiger partial charge in [-0.3, -0.25) is 4.79 Å². The van der Waals surface area contributed by atoms with E-state index in [4.69, 9.17) is 0 Å². The number of fused-ring (bicyclic) bond motifs is 1. The summed E-state index contributed by atoms with van der Waals surface area (Å²) in [7, 11) is 0. The van der Waals surface area contributed by atoms with Crippen molar-refractivity contribution < 1.29 is 4.79 Å². The lowest BCUT2D eigenvalue weighted by Crippen LogP contribution is -2.16. The third-order valence-corrected chi connectivity index (χ3v) is 3.19. The highest BCUT2D eigenvalue weighted by Gasteiger charge is 2.22. The Hall–Kier alpha value is -1.37. The van der Waals surface area contributed by atoms with Gasteiger partial charge in [0, 0.05) is 11.5 Å². The van der Waals surface area contributed by atoms with Crippen LogP contribution in [-0.2, 0) is 0 Å². The molecular weight excluding hydrogens is 196 g/mol. The van der Waals surface area contributed by atoms with E-state index >= 15 is 0 Å². The van der Waals surface area contributed by atoms with Crippen LogP contribution in [0, 0.1) is 5.92 Å². The summed E-state index contributed by atoms with van der Waals surface area (Å²) < 4.78 is 0. The maximum absolute atomic E-state index is 12.2. The van der Waals surface area contributed by atoms with E-state index in [1.165, 1.54) is 12.8 Å². The van der Waals surface area contributed by atoms with E-state index < -0.39 is 0 Å². The zero-order chi connectivity index (χ0) is 11.4. The number of hydrogen-bond acceptors (Lipinski definition) is 1. The second-order valence-electron chi connectivity index (χ2n) is 4.41. The van der Waals surface area contributed by atoms with Crippen molar-refractivity contribution in [1.29, 1.82) is 0 Å².